The standard InChI is InChI=1S/C23H23N3O3/c1-24(15-17-9-11-19(12-10-17)18-7-5-4-6-8-18)21(27)14-13-20-16-25(2)23(29)26(3)22(20)28/h4-14,16H,15H2,1-3H3/b14-13+. The Balaban J connectivity index is 1.69. The summed E-state index contributed by atoms with van der Waals surface area (Å²) in [4.78, 5) is 37.9. The Bertz CT molecular complexity index is 1160. The van der Waals surface area contributed by atoms with E-state index in [1.54, 1.807) is 19.0 Å². The van der Waals surface area contributed by atoms with Crippen molar-refractivity contribution in [2.45, 2.75) is 6.54 Å². The minimum absolute atomic E-state index is 0.229. The zero-order valence-electron chi connectivity index (χ0n) is 16.7. The number of benzene rings is 2. The Hall–Kier alpha value is -3.67. The Morgan fingerprint density at radius 2 is 1.59 bits per heavy atom. The predicted molar refractivity (Wildman–Crippen MR) is 114 cm³/mol. The highest BCUT2D eigenvalue weighted by molar-refractivity contribution is 5.91. The van der Waals surface area contributed by atoms with Crippen LogP contribution in [0.4, 0.5) is 0 Å². The topological polar surface area (TPSA) is 64.3 Å². The number of nitrogens with zero attached hydrogens (tertiary/aromatic N) is 3. The van der Waals surface area contributed by atoms with Crippen molar-refractivity contribution < 1.29 is 4.79 Å². The smallest absolute Gasteiger partial charge is 0.330 e. The van der Waals surface area contributed by atoms with Gasteiger partial charge in [-0.1, -0.05) is 54.6 Å². The van der Waals surface area contributed by atoms with Crippen LogP contribution in [0.1, 0.15) is 11.1 Å². The molecule has 0 radical (unpaired) electrons. The van der Waals surface area contributed by atoms with Crippen LogP contribution in [0.25, 0.3) is 17.2 Å². The van der Waals surface area contributed by atoms with Gasteiger partial charge in [0.25, 0.3) is 5.56 Å². The van der Waals surface area contributed by atoms with Gasteiger partial charge < -0.3 is 9.47 Å². The van der Waals surface area contributed by atoms with Gasteiger partial charge in [-0.2, -0.15) is 0 Å². The first kappa shape index (κ1) is 20.1. The van der Waals surface area contributed by atoms with Crippen molar-refractivity contribution in [3.63, 3.8) is 0 Å². The first-order valence-corrected chi connectivity index (χ1v) is 9.21. The van der Waals surface area contributed by atoms with Crippen LogP contribution in [0, 0.1) is 0 Å². The number of hydrogen-bond donors (Lipinski definition) is 0. The molecule has 0 saturated carbocycles. The molecular formula is C23H23N3O3. The summed E-state index contributed by atoms with van der Waals surface area (Å²) >= 11 is 0. The normalized spacial score (nSPS) is 11.0. The van der Waals surface area contributed by atoms with Crippen LogP contribution in [0.15, 0.2) is 76.5 Å². The number of rotatable bonds is 5. The van der Waals surface area contributed by atoms with Gasteiger partial charge >= 0.3 is 5.69 Å². The minimum atomic E-state index is -0.434. The molecule has 0 spiro atoms. The maximum atomic E-state index is 12.4. The molecule has 2 aromatic carbocycles. The molecule has 0 bridgehead atoms. The van der Waals surface area contributed by atoms with Gasteiger partial charge in [0.05, 0.1) is 5.56 Å². The van der Waals surface area contributed by atoms with Gasteiger partial charge in [-0.15, -0.1) is 0 Å². The van der Waals surface area contributed by atoms with E-state index in [9.17, 15) is 14.4 Å². The van der Waals surface area contributed by atoms with E-state index in [0.717, 1.165) is 21.3 Å². The molecule has 0 aliphatic rings. The lowest BCUT2D eigenvalue weighted by atomic mass is 10.0. The fourth-order valence-electron chi connectivity index (χ4n) is 3.02. The number of aryl methyl sites for hydroxylation is 1. The number of aromatic nitrogens is 2. The molecule has 0 aliphatic carbocycles. The quantitative estimate of drug-likeness (QED) is 0.630. The maximum absolute atomic E-state index is 12.4. The zero-order chi connectivity index (χ0) is 21.0. The van der Waals surface area contributed by atoms with E-state index in [1.807, 2.05) is 42.5 Å². The first-order chi connectivity index (χ1) is 13.9. The summed E-state index contributed by atoms with van der Waals surface area (Å²) in [6.45, 7) is 0.448. The second kappa shape index (κ2) is 8.56. The molecule has 0 fully saturated rings. The van der Waals surface area contributed by atoms with Crippen LogP contribution >= 0.6 is 0 Å². The van der Waals surface area contributed by atoms with Crippen molar-refractivity contribution in [2.24, 2.45) is 14.1 Å². The van der Waals surface area contributed by atoms with E-state index in [0.29, 0.717) is 6.54 Å². The van der Waals surface area contributed by atoms with Crippen LogP contribution in [-0.4, -0.2) is 27.0 Å². The monoisotopic (exact) mass is 389 g/mol. The summed E-state index contributed by atoms with van der Waals surface area (Å²) in [6.07, 6.45) is 4.22. The number of hydrogen-bond acceptors (Lipinski definition) is 3. The lowest BCUT2D eigenvalue weighted by molar-refractivity contribution is -0.125. The second-order valence-corrected chi connectivity index (χ2v) is 6.93. The second-order valence-electron chi connectivity index (χ2n) is 6.93. The van der Waals surface area contributed by atoms with Crippen molar-refractivity contribution in [3.05, 3.63) is 98.8 Å². The van der Waals surface area contributed by atoms with Crippen molar-refractivity contribution in [1.29, 1.82) is 0 Å². The van der Waals surface area contributed by atoms with Gasteiger partial charge in [-0.25, -0.2) is 4.79 Å². The fraction of sp³-hybridized carbons (Fsp3) is 0.174. The van der Waals surface area contributed by atoms with Crippen molar-refractivity contribution in [2.75, 3.05) is 7.05 Å². The zero-order valence-corrected chi connectivity index (χ0v) is 16.7. The fourth-order valence-corrected chi connectivity index (χ4v) is 3.02. The molecule has 3 aromatic rings. The Kier molecular flexibility index (Phi) is 5.93. The van der Waals surface area contributed by atoms with E-state index in [4.69, 9.17) is 0 Å². The SMILES string of the molecule is CN(Cc1ccc(-c2ccccc2)cc1)C(=O)/C=C/c1cn(C)c(=O)n(C)c1=O. The molecule has 6 nitrogen and oxygen atoms in total. The van der Waals surface area contributed by atoms with Gasteiger partial charge in [-0.05, 0) is 22.8 Å². The van der Waals surface area contributed by atoms with Crippen LogP contribution in [0.2, 0.25) is 0 Å². The van der Waals surface area contributed by atoms with Gasteiger partial charge in [0.1, 0.15) is 0 Å². The summed E-state index contributed by atoms with van der Waals surface area (Å²) in [7, 11) is 4.68. The van der Waals surface area contributed by atoms with Gasteiger partial charge in [0, 0.05) is 40.0 Å². The van der Waals surface area contributed by atoms with E-state index < -0.39 is 11.2 Å². The van der Waals surface area contributed by atoms with Crippen molar-refractivity contribution >= 4 is 12.0 Å². The third-order valence-electron chi connectivity index (χ3n) is 4.74. The molecule has 1 heterocycles. The Labute approximate surface area is 169 Å². The van der Waals surface area contributed by atoms with Crippen LogP contribution in [-0.2, 0) is 25.4 Å². The Morgan fingerprint density at radius 1 is 0.966 bits per heavy atom. The number of carbonyl (C=O) groups excluding carboxylic acids is 1. The molecule has 1 aromatic heterocycles. The number of likely N-dealkylation sites (N-methyl/N-ethyl adjacent to an activating group) is 1. The molecule has 29 heavy (non-hydrogen) atoms. The molecule has 3 rings (SSSR count). The maximum Gasteiger partial charge on any atom is 0.330 e. The number of amides is 1. The van der Waals surface area contributed by atoms with E-state index in [-0.39, 0.29) is 11.5 Å². The predicted octanol–water partition coefficient (Wildman–Crippen LogP) is 2.42. The average molecular weight is 389 g/mol. The van der Waals surface area contributed by atoms with Gasteiger partial charge in [-0.3, -0.25) is 14.2 Å². The number of carbonyl (C=O) groups is 1. The third kappa shape index (κ3) is 4.60. The van der Waals surface area contributed by atoms with E-state index in [1.165, 1.54) is 30.0 Å². The van der Waals surface area contributed by atoms with Gasteiger partial charge in [0.2, 0.25) is 5.91 Å². The highest BCUT2D eigenvalue weighted by Crippen LogP contribution is 2.19. The molecule has 0 N–H and O–H groups in total. The van der Waals surface area contributed by atoms with Crippen LogP contribution in [0.5, 0.6) is 0 Å². The van der Waals surface area contributed by atoms with Crippen molar-refractivity contribution in [1.82, 2.24) is 14.0 Å². The molecule has 1 amide bonds. The average Bonchev–Trinajstić information content (AvgIpc) is 2.74. The van der Waals surface area contributed by atoms with Gasteiger partial charge in [0.15, 0.2) is 0 Å². The summed E-state index contributed by atoms with van der Waals surface area (Å²) in [6, 6.07) is 18.2. The molecule has 0 aliphatic heterocycles. The Morgan fingerprint density at radius 3 is 2.24 bits per heavy atom. The molecule has 0 saturated heterocycles. The molecule has 0 unspecified atom stereocenters. The largest absolute Gasteiger partial charge is 0.338 e. The highest BCUT2D eigenvalue weighted by atomic mass is 16.2. The molecule has 148 valence electrons. The highest BCUT2D eigenvalue weighted by Gasteiger charge is 2.08. The van der Waals surface area contributed by atoms with Crippen LogP contribution in [0.3, 0.4) is 0 Å². The van der Waals surface area contributed by atoms with Crippen molar-refractivity contribution in [3.8, 4) is 11.1 Å². The minimum Gasteiger partial charge on any atom is -0.338 e. The summed E-state index contributed by atoms with van der Waals surface area (Å²) in [5.74, 6) is -0.229. The summed E-state index contributed by atoms with van der Waals surface area (Å²) in [5.41, 5.74) is 2.71. The molecule has 0 atom stereocenters. The summed E-state index contributed by atoms with van der Waals surface area (Å²) < 4.78 is 2.33. The van der Waals surface area contributed by atoms with E-state index >= 15 is 0 Å². The lowest BCUT2D eigenvalue weighted by Gasteiger charge is -2.15. The molecule has 6 heteroatoms. The summed E-state index contributed by atoms with van der Waals surface area (Å²) in [5, 5.41) is 0. The van der Waals surface area contributed by atoms with Crippen LogP contribution < -0.4 is 11.2 Å². The lowest BCUT2D eigenvalue weighted by Crippen LogP contribution is -2.37. The van der Waals surface area contributed by atoms with E-state index in [2.05, 4.69) is 12.1 Å². The third-order valence-corrected chi connectivity index (χ3v) is 4.74. The first-order valence-electron chi connectivity index (χ1n) is 9.21. The molecular weight excluding hydrogens is 366 g/mol.